The molecule has 2 aromatic rings. The molecule has 2 aromatic carbocycles. The Labute approximate surface area is 150 Å². The summed E-state index contributed by atoms with van der Waals surface area (Å²) in [5.41, 5.74) is 2.82. The minimum absolute atomic E-state index is 0.188. The van der Waals surface area contributed by atoms with Gasteiger partial charge in [0.15, 0.2) is 0 Å². The summed E-state index contributed by atoms with van der Waals surface area (Å²) in [5, 5.41) is 3.37. The van der Waals surface area contributed by atoms with Gasteiger partial charge in [-0.1, -0.05) is 36.4 Å². The van der Waals surface area contributed by atoms with Crippen LogP contribution in [0.3, 0.4) is 0 Å². The lowest BCUT2D eigenvalue weighted by Gasteiger charge is -2.20. The Morgan fingerprint density at radius 1 is 0.880 bits per heavy atom. The fourth-order valence-corrected chi connectivity index (χ4v) is 4.00. The largest absolute Gasteiger partial charge is 0.355 e. The van der Waals surface area contributed by atoms with E-state index in [9.17, 15) is 4.57 Å². The Morgan fingerprint density at radius 3 is 2.04 bits per heavy atom. The third kappa shape index (κ3) is 6.50. The van der Waals surface area contributed by atoms with Gasteiger partial charge in [-0.15, -0.1) is 0 Å². The first-order chi connectivity index (χ1) is 11.9. The fraction of sp³-hybridized carbons (Fsp3) is 0.300. The van der Waals surface area contributed by atoms with E-state index in [0.29, 0.717) is 0 Å². The van der Waals surface area contributed by atoms with Crippen molar-refractivity contribution in [2.75, 3.05) is 5.32 Å². The van der Waals surface area contributed by atoms with Gasteiger partial charge in [-0.05, 0) is 57.5 Å². The quantitative estimate of drug-likeness (QED) is 0.551. The van der Waals surface area contributed by atoms with Crippen molar-refractivity contribution in [3.05, 3.63) is 66.0 Å². The van der Waals surface area contributed by atoms with E-state index in [0.717, 1.165) is 16.9 Å². The molecule has 5 heteroatoms. The molecule has 0 aliphatic carbocycles. The molecule has 0 heterocycles. The molecule has 0 spiro atoms. The minimum Gasteiger partial charge on any atom is -0.355 e. The third-order valence-corrected chi connectivity index (χ3v) is 5.11. The monoisotopic (exact) mass is 359 g/mol. The SMILES string of the molecule is CC(C)OP(=O)(C=Cc1ccccc1Nc1ccccc1)OC(C)C. The molecular weight excluding hydrogens is 333 g/mol. The van der Waals surface area contributed by atoms with E-state index in [1.807, 2.05) is 82.3 Å². The highest BCUT2D eigenvalue weighted by atomic mass is 31.2. The maximum atomic E-state index is 12.9. The summed E-state index contributed by atoms with van der Waals surface area (Å²) in [6.07, 6.45) is 1.41. The van der Waals surface area contributed by atoms with Crippen LogP contribution in [0.5, 0.6) is 0 Å². The van der Waals surface area contributed by atoms with E-state index >= 15 is 0 Å². The average Bonchev–Trinajstić information content (AvgIpc) is 2.53. The standard InChI is InChI=1S/C20H26NO3P/c1-16(2)23-25(22,24-17(3)4)15-14-18-10-8-9-13-20(18)21-19-11-6-5-7-12-19/h5-17,21H,1-4H3. The van der Waals surface area contributed by atoms with E-state index < -0.39 is 7.60 Å². The van der Waals surface area contributed by atoms with Gasteiger partial charge in [0, 0.05) is 17.2 Å². The van der Waals surface area contributed by atoms with Gasteiger partial charge in [-0.25, -0.2) is 0 Å². The van der Waals surface area contributed by atoms with E-state index in [4.69, 9.17) is 9.05 Å². The molecule has 0 atom stereocenters. The first-order valence-corrected chi connectivity index (χ1v) is 10.1. The number of anilines is 2. The lowest BCUT2D eigenvalue weighted by molar-refractivity contribution is 0.149. The predicted molar refractivity (Wildman–Crippen MR) is 105 cm³/mol. The maximum Gasteiger partial charge on any atom is 0.354 e. The summed E-state index contributed by atoms with van der Waals surface area (Å²) < 4.78 is 24.0. The average molecular weight is 359 g/mol. The molecule has 2 rings (SSSR count). The number of benzene rings is 2. The molecule has 0 aromatic heterocycles. The Kier molecular flexibility index (Phi) is 7.01. The maximum absolute atomic E-state index is 12.9. The number of para-hydroxylation sites is 2. The highest BCUT2D eigenvalue weighted by molar-refractivity contribution is 7.57. The smallest absolute Gasteiger partial charge is 0.354 e. The van der Waals surface area contributed by atoms with Crippen LogP contribution in [0.2, 0.25) is 0 Å². The zero-order valence-corrected chi connectivity index (χ0v) is 16.1. The highest BCUT2D eigenvalue weighted by Gasteiger charge is 2.24. The van der Waals surface area contributed by atoms with Gasteiger partial charge >= 0.3 is 7.60 Å². The van der Waals surface area contributed by atoms with E-state index in [-0.39, 0.29) is 12.2 Å². The summed E-state index contributed by atoms with van der Waals surface area (Å²) in [6, 6.07) is 17.7. The van der Waals surface area contributed by atoms with Crippen LogP contribution in [-0.2, 0) is 13.6 Å². The molecule has 25 heavy (non-hydrogen) atoms. The summed E-state index contributed by atoms with van der Waals surface area (Å²) in [6.45, 7) is 7.37. The minimum atomic E-state index is -3.31. The molecule has 0 radical (unpaired) electrons. The van der Waals surface area contributed by atoms with Crippen molar-refractivity contribution in [1.29, 1.82) is 0 Å². The number of rotatable bonds is 8. The molecule has 0 saturated carbocycles. The van der Waals surface area contributed by atoms with Gasteiger partial charge < -0.3 is 14.4 Å². The van der Waals surface area contributed by atoms with Gasteiger partial charge in [0.05, 0.1) is 12.2 Å². The molecule has 4 nitrogen and oxygen atoms in total. The molecule has 0 aliphatic heterocycles. The van der Waals surface area contributed by atoms with Crippen LogP contribution >= 0.6 is 7.60 Å². The van der Waals surface area contributed by atoms with E-state index in [1.165, 1.54) is 0 Å². The Hall–Kier alpha value is -1.87. The van der Waals surface area contributed by atoms with Crippen LogP contribution < -0.4 is 5.32 Å². The Morgan fingerprint density at radius 2 is 1.44 bits per heavy atom. The first kappa shape index (κ1) is 19.5. The second kappa shape index (κ2) is 9.00. The zero-order valence-electron chi connectivity index (χ0n) is 15.2. The van der Waals surface area contributed by atoms with Crippen LogP contribution in [0, 0.1) is 0 Å². The Balaban J connectivity index is 2.25. The number of hydrogen-bond acceptors (Lipinski definition) is 4. The molecule has 134 valence electrons. The highest BCUT2D eigenvalue weighted by Crippen LogP contribution is 2.52. The zero-order chi connectivity index (χ0) is 18.3. The van der Waals surface area contributed by atoms with Crippen molar-refractivity contribution < 1.29 is 13.6 Å². The molecule has 0 fully saturated rings. The second-order valence-corrected chi connectivity index (χ2v) is 8.04. The lowest BCUT2D eigenvalue weighted by Crippen LogP contribution is -2.06. The lowest BCUT2D eigenvalue weighted by atomic mass is 10.1. The molecular formula is C20H26NO3P. The van der Waals surface area contributed by atoms with Crippen LogP contribution in [0.4, 0.5) is 11.4 Å². The topological polar surface area (TPSA) is 47.6 Å². The van der Waals surface area contributed by atoms with Crippen molar-refractivity contribution in [2.45, 2.75) is 39.9 Å². The normalized spacial score (nSPS) is 12.2. The van der Waals surface area contributed by atoms with E-state index in [1.54, 1.807) is 11.9 Å². The van der Waals surface area contributed by atoms with E-state index in [2.05, 4.69) is 5.32 Å². The van der Waals surface area contributed by atoms with Crippen LogP contribution in [0.1, 0.15) is 33.3 Å². The van der Waals surface area contributed by atoms with Gasteiger partial charge in [-0.3, -0.25) is 4.57 Å². The molecule has 0 amide bonds. The second-order valence-electron chi connectivity index (χ2n) is 6.24. The van der Waals surface area contributed by atoms with Gasteiger partial charge in [0.1, 0.15) is 0 Å². The van der Waals surface area contributed by atoms with Crippen LogP contribution in [0.25, 0.3) is 6.08 Å². The summed E-state index contributed by atoms with van der Waals surface area (Å²) in [5.74, 6) is 1.54. The molecule has 0 saturated heterocycles. The fourth-order valence-electron chi connectivity index (χ4n) is 2.29. The summed E-state index contributed by atoms with van der Waals surface area (Å²) in [4.78, 5) is 0. The first-order valence-electron chi connectivity index (χ1n) is 8.45. The van der Waals surface area contributed by atoms with Crippen LogP contribution in [-0.4, -0.2) is 12.2 Å². The molecule has 1 N–H and O–H groups in total. The number of hydrogen-bond donors (Lipinski definition) is 1. The summed E-state index contributed by atoms with van der Waals surface area (Å²) >= 11 is 0. The van der Waals surface area contributed by atoms with Gasteiger partial charge in [0.2, 0.25) is 0 Å². The van der Waals surface area contributed by atoms with Crippen molar-refractivity contribution >= 4 is 25.0 Å². The Bertz CT molecular complexity index is 728. The molecule has 0 aliphatic rings. The van der Waals surface area contributed by atoms with Crippen LogP contribution in [0.15, 0.2) is 60.4 Å². The van der Waals surface area contributed by atoms with Gasteiger partial charge in [0.25, 0.3) is 0 Å². The molecule has 0 bridgehead atoms. The van der Waals surface area contributed by atoms with Crippen molar-refractivity contribution in [3.8, 4) is 0 Å². The van der Waals surface area contributed by atoms with Crippen molar-refractivity contribution in [1.82, 2.24) is 0 Å². The van der Waals surface area contributed by atoms with Crippen molar-refractivity contribution in [3.63, 3.8) is 0 Å². The van der Waals surface area contributed by atoms with Crippen molar-refractivity contribution in [2.24, 2.45) is 0 Å². The summed E-state index contributed by atoms with van der Waals surface area (Å²) in [7, 11) is -3.31. The third-order valence-electron chi connectivity index (χ3n) is 3.17. The van der Waals surface area contributed by atoms with Gasteiger partial charge in [-0.2, -0.15) is 0 Å². The predicted octanol–water partition coefficient (Wildman–Crippen LogP) is 6.44. The molecule has 0 unspecified atom stereocenters. The number of nitrogens with one attached hydrogen (secondary N) is 1.